The standard InChI is InChI=1S/C16H20N4O2/c1-4-13-14(9-20-16(17)15(13)18-3)22-12-5-6-19-11(8-12)7-10(2)21/h5-6,8-9,18H,4,7H2,1-3H3,(H2,17,20). The molecule has 0 aromatic carbocycles. The van der Waals surface area contributed by atoms with Gasteiger partial charge in [0, 0.05) is 31.3 Å². The summed E-state index contributed by atoms with van der Waals surface area (Å²) in [6, 6.07) is 3.51. The molecule has 2 aromatic heterocycles. The third kappa shape index (κ3) is 3.52. The Labute approximate surface area is 129 Å². The summed E-state index contributed by atoms with van der Waals surface area (Å²) in [6.07, 6.45) is 4.28. The Kier molecular flexibility index (Phi) is 4.93. The predicted octanol–water partition coefficient (Wildman–Crippen LogP) is 2.59. The van der Waals surface area contributed by atoms with Crippen LogP contribution >= 0.6 is 0 Å². The Balaban J connectivity index is 2.33. The monoisotopic (exact) mass is 300 g/mol. The summed E-state index contributed by atoms with van der Waals surface area (Å²) in [6.45, 7) is 3.56. The number of anilines is 2. The van der Waals surface area contributed by atoms with Gasteiger partial charge in [-0.3, -0.25) is 9.78 Å². The number of nitrogens with zero attached hydrogens (tertiary/aromatic N) is 2. The fourth-order valence-electron chi connectivity index (χ4n) is 2.26. The van der Waals surface area contributed by atoms with E-state index < -0.39 is 0 Å². The number of Topliss-reactive ketones (excluding diaryl/α,β-unsaturated/α-hetero) is 1. The molecule has 6 nitrogen and oxygen atoms in total. The van der Waals surface area contributed by atoms with Gasteiger partial charge in [0.1, 0.15) is 17.4 Å². The summed E-state index contributed by atoms with van der Waals surface area (Å²) in [4.78, 5) is 19.5. The number of nitrogens with two attached hydrogens (primary N) is 1. The van der Waals surface area contributed by atoms with Crippen molar-refractivity contribution in [1.29, 1.82) is 0 Å². The minimum atomic E-state index is 0.0607. The number of ketones is 1. The summed E-state index contributed by atoms with van der Waals surface area (Å²) >= 11 is 0. The van der Waals surface area contributed by atoms with Crippen molar-refractivity contribution in [1.82, 2.24) is 9.97 Å². The van der Waals surface area contributed by atoms with Gasteiger partial charge < -0.3 is 15.8 Å². The van der Waals surface area contributed by atoms with Gasteiger partial charge in [-0.2, -0.15) is 0 Å². The molecule has 6 heteroatoms. The van der Waals surface area contributed by atoms with Gasteiger partial charge in [0.05, 0.1) is 17.6 Å². The fraction of sp³-hybridized carbons (Fsp3) is 0.312. The number of carbonyl (C=O) groups is 1. The molecule has 0 unspecified atom stereocenters. The minimum Gasteiger partial charge on any atom is -0.455 e. The van der Waals surface area contributed by atoms with Crippen LogP contribution in [0.25, 0.3) is 0 Å². The van der Waals surface area contributed by atoms with Crippen LogP contribution in [0.1, 0.15) is 25.1 Å². The van der Waals surface area contributed by atoms with Crippen molar-refractivity contribution >= 4 is 17.3 Å². The highest BCUT2D eigenvalue weighted by atomic mass is 16.5. The second-order valence-electron chi connectivity index (χ2n) is 4.93. The Hall–Kier alpha value is -2.63. The normalized spacial score (nSPS) is 10.3. The van der Waals surface area contributed by atoms with Gasteiger partial charge in [-0.1, -0.05) is 6.92 Å². The number of hydrogen-bond acceptors (Lipinski definition) is 6. The lowest BCUT2D eigenvalue weighted by Crippen LogP contribution is -2.05. The van der Waals surface area contributed by atoms with Crippen LogP contribution in [0.3, 0.4) is 0 Å². The molecule has 0 aliphatic rings. The van der Waals surface area contributed by atoms with E-state index in [1.165, 1.54) is 6.92 Å². The third-order valence-electron chi connectivity index (χ3n) is 3.23. The first-order chi connectivity index (χ1) is 10.5. The molecule has 0 aliphatic heterocycles. The number of nitrogens with one attached hydrogen (secondary N) is 1. The van der Waals surface area contributed by atoms with Crippen molar-refractivity contribution in [2.45, 2.75) is 26.7 Å². The maximum absolute atomic E-state index is 11.2. The molecule has 0 aliphatic carbocycles. The lowest BCUT2D eigenvalue weighted by atomic mass is 10.1. The summed E-state index contributed by atoms with van der Waals surface area (Å²) in [5.74, 6) is 1.76. The summed E-state index contributed by atoms with van der Waals surface area (Å²) in [5.41, 5.74) is 8.29. The van der Waals surface area contributed by atoms with Gasteiger partial charge >= 0.3 is 0 Å². The number of hydrogen-bond donors (Lipinski definition) is 2. The number of pyridine rings is 2. The molecule has 2 rings (SSSR count). The molecular formula is C16H20N4O2. The Morgan fingerprint density at radius 1 is 1.41 bits per heavy atom. The highest BCUT2D eigenvalue weighted by Gasteiger charge is 2.13. The lowest BCUT2D eigenvalue weighted by molar-refractivity contribution is -0.116. The molecule has 22 heavy (non-hydrogen) atoms. The van der Waals surface area contributed by atoms with Crippen LogP contribution < -0.4 is 15.8 Å². The Morgan fingerprint density at radius 2 is 2.18 bits per heavy atom. The maximum Gasteiger partial charge on any atom is 0.151 e. The molecule has 2 aromatic rings. The Bertz CT molecular complexity index is 686. The van der Waals surface area contributed by atoms with Gasteiger partial charge in [-0.05, 0) is 19.4 Å². The molecule has 2 heterocycles. The molecule has 0 saturated heterocycles. The van der Waals surface area contributed by atoms with E-state index >= 15 is 0 Å². The van der Waals surface area contributed by atoms with E-state index in [0.717, 1.165) is 17.7 Å². The van der Waals surface area contributed by atoms with E-state index in [4.69, 9.17) is 10.5 Å². The van der Waals surface area contributed by atoms with E-state index in [2.05, 4.69) is 15.3 Å². The van der Waals surface area contributed by atoms with Crippen molar-refractivity contribution in [2.75, 3.05) is 18.1 Å². The van der Waals surface area contributed by atoms with Crippen LogP contribution in [0, 0.1) is 0 Å². The summed E-state index contributed by atoms with van der Waals surface area (Å²) in [5, 5.41) is 3.05. The van der Waals surface area contributed by atoms with Gasteiger partial charge in [-0.25, -0.2) is 4.98 Å². The van der Waals surface area contributed by atoms with E-state index in [1.807, 2.05) is 6.92 Å². The lowest BCUT2D eigenvalue weighted by Gasteiger charge is -2.15. The minimum absolute atomic E-state index is 0.0607. The molecule has 0 radical (unpaired) electrons. The van der Waals surface area contributed by atoms with Crippen molar-refractivity contribution in [2.24, 2.45) is 0 Å². The third-order valence-corrected chi connectivity index (χ3v) is 3.23. The molecule has 0 fully saturated rings. The van der Waals surface area contributed by atoms with Crippen LogP contribution in [0.15, 0.2) is 24.5 Å². The van der Waals surface area contributed by atoms with Crippen molar-refractivity contribution < 1.29 is 9.53 Å². The van der Waals surface area contributed by atoms with Gasteiger partial charge in [0.25, 0.3) is 0 Å². The van der Waals surface area contributed by atoms with E-state index in [-0.39, 0.29) is 5.78 Å². The highest BCUT2D eigenvalue weighted by Crippen LogP contribution is 2.33. The van der Waals surface area contributed by atoms with Gasteiger partial charge in [0.2, 0.25) is 0 Å². The molecule has 0 amide bonds. The first-order valence-electron chi connectivity index (χ1n) is 7.12. The van der Waals surface area contributed by atoms with Crippen molar-refractivity contribution in [3.63, 3.8) is 0 Å². The predicted molar refractivity (Wildman–Crippen MR) is 86.3 cm³/mol. The van der Waals surface area contributed by atoms with E-state index in [0.29, 0.717) is 29.4 Å². The number of ether oxygens (including phenoxy) is 1. The smallest absolute Gasteiger partial charge is 0.151 e. The molecule has 116 valence electrons. The Morgan fingerprint density at radius 3 is 2.82 bits per heavy atom. The average Bonchev–Trinajstić information content (AvgIpc) is 2.48. The molecule has 3 N–H and O–H groups in total. The molecule has 0 spiro atoms. The van der Waals surface area contributed by atoms with Crippen LogP contribution in [0.4, 0.5) is 11.5 Å². The molecular weight excluding hydrogens is 280 g/mol. The van der Waals surface area contributed by atoms with Crippen molar-refractivity contribution in [3.8, 4) is 11.5 Å². The number of nitrogen functional groups attached to an aromatic ring is 1. The van der Waals surface area contributed by atoms with Crippen molar-refractivity contribution in [3.05, 3.63) is 35.8 Å². The quantitative estimate of drug-likeness (QED) is 0.852. The van der Waals surface area contributed by atoms with Crippen LogP contribution in [0.2, 0.25) is 0 Å². The van der Waals surface area contributed by atoms with Crippen LogP contribution in [-0.4, -0.2) is 22.8 Å². The van der Waals surface area contributed by atoms with E-state index in [9.17, 15) is 4.79 Å². The van der Waals surface area contributed by atoms with Crippen LogP contribution in [0.5, 0.6) is 11.5 Å². The molecule has 0 saturated carbocycles. The second kappa shape index (κ2) is 6.89. The van der Waals surface area contributed by atoms with Gasteiger partial charge in [0.15, 0.2) is 5.75 Å². The number of aromatic nitrogens is 2. The number of rotatable bonds is 6. The number of carbonyl (C=O) groups excluding carboxylic acids is 1. The average molecular weight is 300 g/mol. The second-order valence-corrected chi connectivity index (χ2v) is 4.93. The highest BCUT2D eigenvalue weighted by molar-refractivity contribution is 5.77. The van der Waals surface area contributed by atoms with E-state index in [1.54, 1.807) is 31.6 Å². The summed E-state index contributed by atoms with van der Waals surface area (Å²) < 4.78 is 5.91. The van der Waals surface area contributed by atoms with Crippen LogP contribution in [-0.2, 0) is 17.6 Å². The fourth-order valence-corrected chi connectivity index (χ4v) is 2.26. The molecule has 0 atom stereocenters. The SMILES string of the molecule is CCc1c(Oc2ccnc(CC(C)=O)c2)cnc(N)c1NC. The molecule has 0 bridgehead atoms. The largest absolute Gasteiger partial charge is 0.455 e. The zero-order valence-corrected chi connectivity index (χ0v) is 13.0. The first kappa shape index (κ1) is 15.8. The first-order valence-corrected chi connectivity index (χ1v) is 7.12. The zero-order valence-electron chi connectivity index (χ0n) is 13.0. The zero-order chi connectivity index (χ0) is 16.1. The topological polar surface area (TPSA) is 90.1 Å². The van der Waals surface area contributed by atoms with Gasteiger partial charge in [-0.15, -0.1) is 0 Å². The maximum atomic E-state index is 11.2. The summed E-state index contributed by atoms with van der Waals surface area (Å²) in [7, 11) is 1.80.